The van der Waals surface area contributed by atoms with Crippen LogP contribution in [0, 0.1) is 0 Å². The van der Waals surface area contributed by atoms with Gasteiger partial charge in [0.2, 0.25) is 0 Å². The average Bonchev–Trinajstić information content (AvgIpc) is 2.93. The number of hydrogen-bond acceptors (Lipinski definition) is 3. The molecule has 3 rings (SSSR count). The lowest BCUT2D eigenvalue weighted by molar-refractivity contribution is 0.0408. The first-order chi connectivity index (χ1) is 9.15. The van der Waals surface area contributed by atoms with E-state index >= 15 is 0 Å². The van der Waals surface area contributed by atoms with Gasteiger partial charge >= 0.3 is 0 Å². The number of piperidine rings is 1. The van der Waals surface area contributed by atoms with Gasteiger partial charge in [0, 0.05) is 42.5 Å². The van der Waals surface area contributed by atoms with Crippen molar-refractivity contribution in [1.29, 1.82) is 0 Å². The molecule has 0 bridgehead atoms. The summed E-state index contributed by atoms with van der Waals surface area (Å²) in [4.78, 5) is 6.95. The van der Waals surface area contributed by atoms with Gasteiger partial charge in [0.25, 0.3) is 0 Å². The van der Waals surface area contributed by atoms with Crippen LogP contribution in [0.3, 0.4) is 0 Å². The number of nitrogens with zero attached hydrogens (tertiary/aromatic N) is 2. The molecule has 0 aliphatic carbocycles. The third kappa shape index (κ3) is 3.04. The van der Waals surface area contributed by atoms with Crippen molar-refractivity contribution in [2.24, 2.45) is 0 Å². The number of hydrogen-bond donors (Lipinski definition) is 0. The Balaban J connectivity index is 1.61. The highest BCUT2D eigenvalue weighted by atomic mass is 32.1. The lowest BCUT2D eigenvalue weighted by Gasteiger charge is -2.45. The van der Waals surface area contributed by atoms with Gasteiger partial charge in [-0.15, -0.1) is 11.3 Å². The molecule has 0 amide bonds. The van der Waals surface area contributed by atoms with Gasteiger partial charge in [-0.25, -0.2) is 0 Å². The number of rotatable bonds is 3. The topological polar surface area (TPSA) is 6.48 Å². The molecule has 106 valence electrons. The van der Waals surface area contributed by atoms with Crippen LogP contribution in [0.15, 0.2) is 17.5 Å². The average molecular weight is 278 g/mol. The van der Waals surface area contributed by atoms with E-state index in [4.69, 9.17) is 0 Å². The molecule has 2 aliphatic rings. The summed E-state index contributed by atoms with van der Waals surface area (Å²) in [6.45, 7) is 11.2. The summed E-state index contributed by atoms with van der Waals surface area (Å²) in [6.07, 6.45) is 4.26. The van der Waals surface area contributed by atoms with Gasteiger partial charge in [-0.3, -0.25) is 9.80 Å². The number of thiophene rings is 1. The maximum absolute atomic E-state index is 2.72. The quantitative estimate of drug-likeness (QED) is 0.838. The van der Waals surface area contributed by atoms with E-state index in [1.807, 2.05) is 11.3 Å². The summed E-state index contributed by atoms with van der Waals surface area (Å²) in [6, 6.07) is 5.31. The molecular weight excluding hydrogens is 252 g/mol. The summed E-state index contributed by atoms with van der Waals surface area (Å²) < 4.78 is 0. The zero-order valence-electron chi connectivity index (χ0n) is 12.3. The Kier molecular flexibility index (Phi) is 3.97. The molecule has 2 saturated heterocycles. The Hall–Kier alpha value is -0.380. The molecule has 0 aromatic carbocycles. The normalized spacial score (nSPS) is 26.3. The maximum Gasteiger partial charge on any atom is 0.0223 e. The summed E-state index contributed by atoms with van der Waals surface area (Å²) in [7, 11) is 0. The molecule has 0 N–H and O–H groups in total. The molecule has 2 aliphatic heterocycles. The fraction of sp³-hybridized carbons (Fsp3) is 0.750. The number of fused-ring (bicyclic) bond motifs is 1. The van der Waals surface area contributed by atoms with Gasteiger partial charge in [0.05, 0.1) is 0 Å². The van der Waals surface area contributed by atoms with Crippen molar-refractivity contribution < 1.29 is 0 Å². The summed E-state index contributed by atoms with van der Waals surface area (Å²) in [5.41, 5.74) is 0.297. The Morgan fingerprint density at radius 3 is 2.95 bits per heavy atom. The van der Waals surface area contributed by atoms with Crippen LogP contribution in [0.1, 0.15) is 38.0 Å². The molecule has 1 aromatic heterocycles. The number of piperazine rings is 1. The smallest absolute Gasteiger partial charge is 0.0223 e. The van der Waals surface area contributed by atoms with Crippen LogP contribution in [-0.2, 0) is 5.41 Å². The highest BCUT2D eigenvalue weighted by molar-refractivity contribution is 7.10. The first-order valence-corrected chi connectivity index (χ1v) is 8.53. The molecule has 1 aromatic rings. The van der Waals surface area contributed by atoms with Crippen LogP contribution < -0.4 is 0 Å². The van der Waals surface area contributed by atoms with Crippen LogP contribution >= 0.6 is 11.3 Å². The lowest BCUT2D eigenvalue weighted by Crippen LogP contribution is -2.56. The molecule has 3 heteroatoms. The molecule has 19 heavy (non-hydrogen) atoms. The van der Waals surface area contributed by atoms with Crippen molar-refractivity contribution in [3.8, 4) is 0 Å². The molecular formula is C16H26N2S. The highest BCUT2D eigenvalue weighted by Crippen LogP contribution is 2.30. The Morgan fingerprint density at radius 1 is 1.26 bits per heavy atom. The van der Waals surface area contributed by atoms with E-state index < -0.39 is 0 Å². The Bertz CT molecular complexity index is 399. The van der Waals surface area contributed by atoms with Gasteiger partial charge in [0.15, 0.2) is 0 Å². The molecule has 2 fully saturated rings. The predicted molar refractivity (Wildman–Crippen MR) is 83.0 cm³/mol. The zero-order chi connectivity index (χ0) is 13.3. The third-order valence-electron chi connectivity index (χ3n) is 4.73. The molecule has 3 heterocycles. The van der Waals surface area contributed by atoms with E-state index in [1.165, 1.54) is 56.9 Å². The van der Waals surface area contributed by atoms with E-state index in [1.54, 1.807) is 0 Å². The van der Waals surface area contributed by atoms with E-state index in [2.05, 4.69) is 41.2 Å². The fourth-order valence-electron chi connectivity index (χ4n) is 3.66. The van der Waals surface area contributed by atoms with Crippen LogP contribution in [0.4, 0.5) is 0 Å². The monoisotopic (exact) mass is 278 g/mol. The van der Waals surface area contributed by atoms with E-state index in [-0.39, 0.29) is 0 Å². The van der Waals surface area contributed by atoms with Crippen LogP contribution in [-0.4, -0.2) is 48.6 Å². The first kappa shape index (κ1) is 13.6. The molecule has 0 radical (unpaired) electrons. The third-order valence-corrected chi connectivity index (χ3v) is 5.96. The Labute approximate surface area is 121 Å². The second-order valence-corrected chi connectivity index (χ2v) is 7.73. The second kappa shape index (κ2) is 5.55. The summed E-state index contributed by atoms with van der Waals surface area (Å²) in [5, 5.41) is 2.20. The zero-order valence-corrected chi connectivity index (χ0v) is 13.1. The lowest BCUT2D eigenvalue weighted by atomic mass is 9.89. The van der Waals surface area contributed by atoms with Crippen molar-refractivity contribution in [1.82, 2.24) is 9.80 Å². The SMILES string of the molecule is CC(C)(CN1CCN2CCCCC2C1)c1cccs1. The van der Waals surface area contributed by atoms with Gasteiger partial charge in [-0.05, 0) is 30.8 Å². The molecule has 1 atom stereocenters. The minimum absolute atomic E-state index is 0.297. The van der Waals surface area contributed by atoms with Crippen molar-refractivity contribution in [3.05, 3.63) is 22.4 Å². The summed E-state index contributed by atoms with van der Waals surface area (Å²) >= 11 is 1.90. The van der Waals surface area contributed by atoms with E-state index in [0.29, 0.717) is 5.41 Å². The fourth-order valence-corrected chi connectivity index (χ4v) is 4.51. The van der Waals surface area contributed by atoms with Crippen LogP contribution in [0.2, 0.25) is 0 Å². The van der Waals surface area contributed by atoms with Crippen molar-refractivity contribution in [2.75, 3.05) is 32.7 Å². The first-order valence-electron chi connectivity index (χ1n) is 7.65. The minimum Gasteiger partial charge on any atom is -0.300 e. The van der Waals surface area contributed by atoms with Crippen LogP contribution in [0.25, 0.3) is 0 Å². The predicted octanol–water partition coefficient (Wildman–Crippen LogP) is 3.20. The van der Waals surface area contributed by atoms with Crippen molar-refractivity contribution in [2.45, 2.75) is 44.6 Å². The Morgan fingerprint density at radius 2 is 2.16 bits per heavy atom. The standard InChI is InChI=1S/C16H26N2S/c1-16(2,15-7-5-11-19-15)13-17-9-10-18-8-4-3-6-14(18)12-17/h5,7,11,14H,3-4,6,8-10,12-13H2,1-2H3. The van der Waals surface area contributed by atoms with Gasteiger partial charge < -0.3 is 0 Å². The van der Waals surface area contributed by atoms with Gasteiger partial charge in [-0.1, -0.05) is 26.3 Å². The van der Waals surface area contributed by atoms with Crippen molar-refractivity contribution >= 4 is 11.3 Å². The van der Waals surface area contributed by atoms with E-state index in [0.717, 1.165) is 6.04 Å². The van der Waals surface area contributed by atoms with Gasteiger partial charge in [-0.2, -0.15) is 0 Å². The largest absolute Gasteiger partial charge is 0.300 e. The van der Waals surface area contributed by atoms with E-state index in [9.17, 15) is 0 Å². The summed E-state index contributed by atoms with van der Waals surface area (Å²) in [5.74, 6) is 0. The van der Waals surface area contributed by atoms with Crippen molar-refractivity contribution in [3.63, 3.8) is 0 Å². The van der Waals surface area contributed by atoms with Crippen LogP contribution in [0.5, 0.6) is 0 Å². The molecule has 1 unspecified atom stereocenters. The minimum atomic E-state index is 0.297. The second-order valence-electron chi connectivity index (χ2n) is 6.78. The highest BCUT2D eigenvalue weighted by Gasteiger charge is 2.32. The maximum atomic E-state index is 2.72. The van der Waals surface area contributed by atoms with Gasteiger partial charge in [0.1, 0.15) is 0 Å². The molecule has 2 nitrogen and oxygen atoms in total. The molecule has 0 saturated carbocycles. The molecule has 0 spiro atoms.